The first-order chi connectivity index (χ1) is 6.20. The molecule has 0 saturated heterocycles. The molecule has 0 spiro atoms. The molecule has 0 fully saturated rings. The number of fused-ring (bicyclic) bond motifs is 1. The van der Waals surface area contributed by atoms with Gasteiger partial charge in [-0.25, -0.2) is 4.79 Å². The summed E-state index contributed by atoms with van der Waals surface area (Å²) >= 11 is 0. The van der Waals surface area contributed by atoms with Crippen molar-refractivity contribution in [2.75, 3.05) is 5.73 Å². The topological polar surface area (TPSA) is 89.4 Å². The van der Waals surface area contributed by atoms with Crippen LogP contribution < -0.4 is 5.73 Å². The summed E-state index contributed by atoms with van der Waals surface area (Å²) in [6.45, 7) is 0. The van der Waals surface area contributed by atoms with E-state index in [0.717, 1.165) is 0 Å². The van der Waals surface area contributed by atoms with Crippen LogP contribution in [0.3, 0.4) is 0 Å². The van der Waals surface area contributed by atoms with Gasteiger partial charge >= 0.3 is 5.97 Å². The molecule has 1 heterocycles. The van der Waals surface area contributed by atoms with Crippen LogP contribution in [-0.2, 0) is 0 Å². The quantitative estimate of drug-likeness (QED) is 0.638. The number of nitrogens with two attached hydrogens (primary N) is 1. The minimum atomic E-state index is -1.12. The van der Waals surface area contributed by atoms with Crippen LogP contribution in [0.2, 0.25) is 0 Å². The monoisotopic (exact) mass is 178 g/mol. The number of anilines is 1. The highest BCUT2D eigenvalue weighted by Gasteiger charge is 2.15. The van der Waals surface area contributed by atoms with Gasteiger partial charge in [0.15, 0.2) is 11.3 Å². The molecule has 0 aliphatic rings. The molecule has 0 saturated carbocycles. The lowest BCUT2D eigenvalue weighted by Gasteiger charge is -1.90. The van der Waals surface area contributed by atoms with Crippen molar-refractivity contribution in [2.45, 2.75) is 0 Å². The van der Waals surface area contributed by atoms with E-state index in [-0.39, 0.29) is 5.69 Å². The standard InChI is InChI=1S/C8H6N2O3/c9-5-3-1-2-4-6(8(11)12)10-13-7(4)5/h1-3H,9H2,(H,11,12). The number of carboxylic acid groups (broad SMARTS) is 1. The number of carbonyl (C=O) groups is 1. The maximum absolute atomic E-state index is 10.6. The second-order valence-corrected chi connectivity index (χ2v) is 2.56. The normalized spacial score (nSPS) is 10.5. The lowest BCUT2D eigenvalue weighted by molar-refractivity contribution is 0.0688. The van der Waals surface area contributed by atoms with Crippen LogP contribution in [0.25, 0.3) is 11.0 Å². The molecular formula is C8H6N2O3. The first-order valence-corrected chi connectivity index (χ1v) is 3.57. The third-order valence-electron chi connectivity index (χ3n) is 1.73. The Balaban J connectivity index is 2.83. The Morgan fingerprint density at radius 3 is 3.00 bits per heavy atom. The van der Waals surface area contributed by atoms with Gasteiger partial charge in [-0.2, -0.15) is 0 Å². The summed E-state index contributed by atoms with van der Waals surface area (Å²) in [7, 11) is 0. The summed E-state index contributed by atoms with van der Waals surface area (Å²) in [5.74, 6) is -1.12. The lowest BCUT2D eigenvalue weighted by atomic mass is 10.2. The SMILES string of the molecule is Nc1cccc2c(C(=O)O)noc12. The van der Waals surface area contributed by atoms with E-state index < -0.39 is 5.97 Å². The Morgan fingerprint density at radius 2 is 2.31 bits per heavy atom. The number of hydrogen-bond donors (Lipinski definition) is 2. The van der Waals surface area contributed by atoms with Crippen LogP contribution in [0, 0.1) is 0 Å². The highest BCUT2D eigenvalue weighted by atomic mass is 16.5. The van der Waals surface area contributed by atoms with E-state index in [4.69, 9.17) is 15.4 Å². The Morgan fingerprint density at radius 1 is 1.54 bits per heavy atom. The number of nitrogens with zero attached hydrogens (tertiary/aromatic N) is 1. The molecule has 3 N–H and O–H groups in total. The predicted octanol–water partition coefficient (Wildman–Crippen LogP) is 1.11. The number of rotatable bonds is 1. The molecule has 0 aliphatic heterocycles. The van der Waals surface area contributed by atoms with E-state index in [1.807, 2.05) is 0 Å². The third-order valence-corrected chi connectivity index (χ3v) is 1.73. The van der Waals surface area contributed by atoms with E-state index in [0.29, 0.717) is 16.7 Å². The summed E-state index contributed by atoms with van der Waals surface area (Å²) in [5, 5.41) is 12.5. The molecule has 5 heteroatoms. The fraction of sp³-hybridized carbons (Fsp3) is 0. The molecule has 0 amide bonds. The average Bonchev–Trinajstić information content (AvgIpc) is 2.48. The third kappa shape index (κ3) is 1.01. The molecule has 1 aromatic carbocycles. The van der Waals surface area contributed by atoms with Gasteiger partial charge in [0, 0.05) is 0 Å². The average molecular weight is 178 g/mol. The van der Waals surface area contributed by atoms with Crippen LogP contribution in [0.4, 0.5) is 5.69 Å². The van der Waals surface area contributed by atoms with Gasteiger partial charge < -0.3 is 15.4 Å². The second kappa shape index (κ2) is 2.48. The second-order valence-electron chi connectivity index (χ2n) is 2.56. The van der Waals surface area contributed by atoms with Crippen molar-refractivity contribution in [3.05, 3.63) is 23.9 Å². The van der Waals surface area contributed by atoms with E-state index in [9.17, 15) is 4.79 Å². The molecule has 2 rings (SSSR count). The minimum Gasteiger partial charge on any atom is -0.476 e. The smallest absolute Gasteiger partial charge is 0.358 e. The number of para-hydroxylation sites is 1. The van der Waals surface area contributed by atoms with Crippen LogP contribution in [-0.4, -0.2) is 16.2 Å². The molecule has 5 nitrogen and oxygen atoms in total. The molecule has 0 radical (unpaired) electrons. The van der Waals surface area contributed by atoms with Gasteiger partial charge in [0.2, 0.25) is 0 Å². The van der Waals surface area contributed by atoms with E-state index in [2.05, 4.69) is 5.16 Å². The Hall–Kier alpha value is -2.04. The lowest BCUT2D eigenvalue weighted by Crippen LogP contribution is -1.96. The van der Waals surface area contributed by atoms with Crippen LogP contribution >= 0.6 is 0 Å². The summed E-state index contributed by atoms with van der Waals surface area (Å²) < 4.78 is 4.79. The van der Waals surface area contributed by atoms with Crippen molar-refractivity contribution in [2.24, 2.45) is 0 Å². The van der Waals surface area contributed by atoms with Gasteiger partial charge in [-0.15, -0.1) is 0 Å². The van der Waals surface area contributed by atoms with E-state index in [1.165, 1.54) is 0 Å². The number of carboxylic acids is 1. The van der Waals surface area contributed by atoms with Crippen molar-refractivity contribution in [1.82, 2.24) is 5.16 Å². The molecule has 13 heavy (non-hydrogen) atoms. The fourth-order valence-electron chi connectivity index (χ4n) is 1.14. The molecular weight excluding hydrogens is 172 g/mol. The van der Waals surface area contributed by atoms with Gasteiger partial charge in [0.25, 0.3) is 0 Å². The fourth-order valence-corrected chi connectivity index (χ4v) is 1.14. The maximum atomic E-state index is 10.6. The van der Waals surface area contributed by atoms with Crippen molar-refractivity contribution in [3.63, 3.8) is 0 Å². The van der Waals surface area contributed by atoms with Crippen molar-refractivity contribution >= 4 is 22.6 Å². The Labute approximate surface area is 72.7 Å². The molecule has 66 valence electrons. The van der Waals surface area contributed by atoms with Gasteiger partial charge in [-0.1, -0.05) is 11.2 Å². The number of aromatic nitrogens is 1. The molecule has 0 bridgehead atoms. The summed E-state index contributed by atoms with van der Waals surface area (Å²) in [5.41, 5.74) is 6.14. The molecule has 0 atom stereocenters. The summed E-state index contributed by atoms with van der Waals surface area (Å²) in [6, 6.07) is 4.88. The zero-order valence-corrected chi connectivity index (χ0v) is 6.52. The van der Waals surface area contributed by atoms with Gasteiger partial charge in [-0.05, 0) is 12.1 Å². The van der Waals surface area contributed by atoms with Crippen molar-refractivity contribution < 1.29 is 14.4 Å². The molecule has 2 aromatic rings. The molecule has 1 aromatic heterocycles. The zero-order valence-electron chi connectivity index (χ0n) is 6.52. The minimum absolute atomic E-state index is 0.109. The van der Waals surface area contributed by atoms with Crippen molar-refractivity contribution in [1.29, 1.82) is 0 Å². The largest absolute Gasteiger partial charge is 0.476 e. The van der Waals surface area contributed by atoms with E-state index >= 15 is 0 Å². The first-order valence-electron chi connectivity index (χ1n) is 3.57. The first kappa shape index (κ1) is 7.60. The Kier molecular flexibility index (Phi) is 1.45. The van der Waals surface area contributed by atoms with E-state index in [1.54, 1.807) is 18.2 Å². The molecule has 0 aliphatic carbocycles. The van der Waals surface area contributed by atoms with Gasteiger partial charge in [-0.3, -0.25) is 0 Å². The summed E-state index contributed by atoms with van der Waals surface area (Å²) in [4.78, 5) is 10.6. The summed E-state index contributed by atoms with van der Waals surface area (Å²) in [6.07, 6.45) is 0. The number of benzene rings is 1. The number of aromatic carboxylic acids is 1. The number of hydrogen-bond acceptors (Lipinski definition) is 4. The predicted molar refractivity (Wildman–Crippen MR) is 45.4 cm³/mol. The van der Waals surface area contributed by atoms with Crippen molar-refractivity contribution in [3.8, 4) is 0 Å². The highest BCUT2D eigenvalue weighted by molar-refractivity contribution is 6.03. The highest BCUT2D eigenvalue weighted by Crippen LogP contribution is 2.23. The Bertz CT molecular complexity index is 475. The number of nitrogen functional groups attached to an aromatic ring is 1. The van der Waals surface area contributed by atoms with Gasteiger partial charge in [0.05, 0.1) is 11.1 Å². The van der Waals surface area contributed by atoms with Gasteiger partial charge in [0.1, 0.15) is 0 Å². The van der Waals surface area contributed by atoms with Crippen LogP contribution in [0.1, 0.15) is 10.5 Å². The van der Waals surface area contributed by atoms with Crippen LogP contribution in [0.15, 0.2) is 22.7 Å². The molecule has 0 unspecified atom stereocenters. The maximum Gasteiger partial charge on any atom is 0.358 e. The van der Waals surface area contributed by atoms with Crippen LogP contribution in [0.5, 0.6) is 0 Å². The zero-order chi connectivity index (χ0) is 9.42.